The highest BCUT2D eigenvalue weighted by atomic mass is 16.2. The molecule has 0 radical (unpaired) electrons. The summed E-state index contributed by atoms with van der Waals surface area (Å²) in [6.45, 7) is -0.0792. The minimum atomic E-state index is -0.330. The lowest BCUT2D eigenvalue weighted by molar-refractivity contribution is -0.120. The molecule has 0 saturated heterocycles. The van der Waals surface area contributed by atoms with Gasteiger partial charge >= 0.3 is 0 Å². The quantitative estimate of drug-likeness (QED) is 0.696. The second-order valence-corrected chi connectivity index (χ2v) is 5.29. The number of aromatic amines is 1. The number of nitrogens with one attached hydrogen (secondary N) is 2. The molecule has 1 amide bonds. The zero-order chi connectivity index (χ0) is 16.9. The molecular weight excluding hydrogens is 306 g/mol. The monoisotopic (exact) mass is 321 g/mol. The number of H-pyrrole nitrogens is 1. The Hall–Kier alpha value is -3.28. The average Bonchev–Trinajstić information content (AvgIpc) is 2.63. The predicted molar refractivity (Wildman–Crippen MR) is 89.8 cm³/mol. The summed E-state index contributed by atoms with van der Waals surface area (Å²) in [7, 11) is 0. The SMILES string of the molecule is O=C(Cc1n[nH]c(=O)c2ccccc12)NCC(=O)c1ccccc1. The summed E-state index contributed by atoms with van der Waals surface area (Å²) in [4.78, 5) is 35.8. The number of amides is 1. The molecule has 2 aromatic carbocycles. The highest BCUT2D eigenvalue weighted by Gasteiger charge is 2.12. The van der Waals surface area contributed by atoms with Crippen LogP contribution in [0, 0.1) is 0 Å². The Labute approximate surface area is 137 Å². The van der Waals surface area contributed by atoms with E-state index in [0.717, 1.165) is 0 Å². The first-order valence-corrected chi connectivity index (χ1v) is 7.46. The number of fused-ring (bicyclic) bond motifs is 1. The second-order valence-electron chi connectivity index (χ2n) is 5.29. The standard InChI is InChI=1S/C18H15N3O3/c22-16(12-6-2-1-3-7-12)11-19-17(23)10-15-13-8-4-5-9-14(13)18(24)21-20-15/h1-9H,10-11H2,(H,19,23)(H,21,24). The van der Waals surface area contributed by atoms with Gasteiger partial charge < -0.3 is 5.32 Å². The van der Waals surface area contributed by atoms with E-state index in [9.17, 15) is 14.4 Å². The van der Waals surface area contributed by atoms with Gasteiger partial charge in [0, 0.05) is 10.9 Å². The largest absolute Gasteiger partial charge is 0.348 e. The zero-order valence-electron chi connectivity index (χ0n) is 12.8. The van der Waals surface area contributed by atoms with E-state index in [-0.39, 0.29) is 30.2 Å². The summed E-state index contributed by atoms with van der Waals surface area (Å²) in [5.74, 6) is -0.493. The Morgan fingerprint density at radius 3 is 2.38 bits per heavy atom. The van der Waals surface area contributed by atoms with E-state index < -0.39 is 0 Å². The highest BCUT2D eigenvalue weighted by Crippen LogP contribution is 2.12. The van der Waals surface area contributed by atoms with Crippen LogP contribution in [0.4, 0.5) is 0 Å². The normalized spacial score (nSPS) is 10.5. The van der Waals surface area contributed by atoms with Gasteiger partial charge in [-0.2, -0.15) is 5.10 Å². The summed E-state index contributed by atoms with van der Waals surface area (Å²) in [6, 6.07) is 15.7. The van der Waals surface area contributed by atoms with Gasteiger partial charge in [0.05, 0.1) is 24.0 Å². The van der Waals surface area contributed by atoms with Crippen LogP contribution in [0.25, 0.3) is 10.8 Å². The number of Topliss-reactive ketones (excluding diaryl/α,β-unsaturated/α-hetero) is 1. The van der Waals surface area contributed by atoms with Crippen molar-refractivity contribution < 1.29 is 9.59 Å². The van der Waals surface area contributed by atoms with E-state index >= 15 is 0 Å². The van der Waals surface area contributed by atoms with Crippen molar-refractivity contribution in [1.29, 1.82) is 0 Å². The Bertz CT molecular complexity index is 948. The third-order valence-corrected chi connectivity index (χ3v) is 3.64. The molecule has 0 aliphatic carbocycles. The summed E-state index contributed by atoms with van der Waals surface area (Å²) in [5.41, 5.74) is 0.717. The molecule has 24 heavy (non-hydrogen) atoms. The zero-order valence-corrected chi connectivity index (χ0v) is 12.8. The van der Waals surface area contributed by atoms with Crippen molar-refractivity contribution in [1.82, 2.24) is 15.5 Å². The van der Waals surface area contributed by atoms with E-state index in [1.54, 1.807) is 48.5 Å². The fourth-order valence-corrected chi connectivity index (χ4v) is 2.43. The van der Waals surface area contributed by atoms with Gasteiger partial charge in [-0.15, -0.1) is 0 Å². The number of benzene rings is 2. The molecule has 3 rings (SSSR count). The molecule has 120 valence electrons. The average molecular weight is 321 g/mol. The molecule has 0 atom stereocenters. The maximum atomic E-state index is 12.1. The van der Waals surface area contributed by atoms with Crippen molar-refractivity contribution in [2.24, 2.45) is 0 Å². The van der Waals surface area contributed by atoms with E-state index in [0.29, 0.717) is 22.0 Å². The van der Waals surface area contributed by atoms with Gasteiger partial charge in [-0.1, -0.05) is 48.5 Å². The van der Waals surface area contributed by atoms with Crippen LogP contribution >= 0.6 is 0 Å². The number of aromatic nitrogens is 2. The minimum absolute atomic E-state index is 0.0145. The van der Waals surface area contributed by atoms with E-state index in [4.69, 9.17) is 0 Å². The number of carbonyl (C=O) groups excluding carboxylic acids is 2. The van der Waals surface area contributed by atoms with Crippen LogP contribution in [0.1, 0.15) is 16.1 Å². The number of hydrogen-bond donors (Lipinski definition) is 2. The number of rotatable bonds is 5. The van der Waals surface area contributed by atoms with Crippen molar-refractivity contribution in [3.63, 3.8) is 0 Å². The third-order valence-electron chi connectivity index (χ3n) is 3.64. The Morgan fingerprint density at radius 2 is 1.62 bits per heavy atom. The molecule has 0 aliphatic heterocycles. The number of carbonyl (C=O) groups is 2. The molecule has 3 aromatic rings. The first-order chi connectivity index (χ1) is 11.6. The number of hydrogen-bond acceptors (Lipinski definition) is 4. The molecule has 0 unspecified atom stereocenters. The molecule has 0 aliphatic rings. The van der Waals surface area contributed by atoms with Crippen LogP contribution in [0.2, 0.25) is 0 Å². The first kappa shape index (κ1) is 15.6. The Morgan fingerprint density at radius 1 is 0.958 bits per heavy atom. The minimum Gasteiger partial charge on any atom is -0.348 e. The molecule has 0 fully saturated rings. The second kappa shape index (κ2) is 6.87. The molecule has 1 aromatic heterocycles. The van der Waals surface area contributed by atoms with Crippen molar-refractivity contribution in [2.75, 3.05) is 6.54 Å². The van der Waals surface area contributed by atoms with Crippen LogP contribution in [-0.4, -0.2) is 28.4 Å². The van der Waals surface area contributed by atoms with Gasteiger partial charge in [0.1, 0.15) is 0 Å². The van der Waals surface area contributed by atoms with Crippen LogP contribution in [0.3, 0.4) is 0 Å². The van der Waals surface area contributed by atoms with Crippen LogP contribution in [0.15, 0.2) is 59.4 Å². The maximum Gasteiger partial charge on any atom is 0.272 e. The smallest absolute Gasteiger partial charge is 0.272 e. The molecule has 2 N–H and O–H groups in total. The van der Waals surface area contributed by atoms with Gasteiger partial charge in [-0.3, -0.25) is 14.4 Å². The fraction of sp³-hybridized carbons (Fsp3) is 0.111. The lowest BCUT2D eigenvalue weighted by atomic mass is 10.1. The highest BCUT2D eigenvalue weighted by molar-refractivity contribution is 5.99. The summed E-state index contributed by atoms with van der Waals surface area (Å²) >= 11 is 0. The number of ketones is 1. The Balaban J connectivity index is 1.69. The van der Waals surface area contributed by atoms with Crippen LogP contribution < -0.4 is 10.9 Å². The van der Waals surface area contributed by atoms with Crippen molar-refractivity contribution in [3.8, 4) is 0 Å². The van der Waals surface area contributed by atoms with Gasteiger partial charge in [-0.05, 0) is 6.07 Å². The van der Waals surface area contributed by atoms with Gasteiger partial charge in [0.15, 0.2) is 5.78 Å². The molecule has 6 nitrogen and oxygen atoms in total. The predicted octanol–water partition coefficient (Wildman–Crippen LogP) is 1.46. The lowest BCUT2D eigenvalue weighted by Gasteiger charge is -2.06. The van der Waals surface area contributed by atoms with Gasteiger partial charge in [0.2, 0.25) is 5.91 Å². The van der Waals surface area contributed by atoms with Crippen molar-refractivity contribution in [2.45, 2.75) is 6.42 Å². The fourth-order valence-electron chi connectivity index (χ4n) is 2.43. The van der Waals surface area contributed by atoms with Crippen LogP contribution in [0.5, 0.6) is 0 Å². The molecule has 0 saturated carbocycles. The van der Waals surface area contributed by atoms with E-state index in [1.807, 2.05) is 6.07 Å². The van der Waals surface area contributed by atoms with E-state index in [1.165, 1.54) is 0 Å². The first-order valence-electron chi connectivity index (χ1n) is 7.46. The topological polar surface area (TPSA) is 91.9 Å². The lowest BCUT2D eigenvalue weighted by Crippen LogP contribution is -2.31. The van der Waals surface area contributed by atoms with Gasteiger partial charge in [0.25, 0.3) is 5.56 Å². The van der Waals surface area contributed by atoms with Crippen molar-refractivity contribution in [3.05, 3.63) is 76.2 Å². The van der Waals surface area contributed by atoms with E-state index in [2.05, 4.69) is 15.5 Å². The molecule has 1 heterocycles. The molecular formula is C18H15N3O3. The maximum absolute atomic E-state index is 12.1. The number of nitrogens with zero attached hydrogens (tertiary/aromatic N) is 1. The molecule has 0 spiro atoms. The van der Waals surface area contributed by atoms with Crippen LogP contribution in [-0.2, 0) is 11.2 Å². The third kappa shape index (κ3) is 3.38. The van der Waals surface area contributed by atoms with Crippen molar-refractivity contribution >= 4 is 22.5 Å². The summed E-state index contributed by atoms with van der Waals surface area (Å²) < 4.78 is 0. The van der Waals surface area contributed by atoms with Gasteiger partial charge in [-0.25, -0.2) is 5.10 Å². The molecule has 6 heteroatoms. The summed E-state index contributed by atoms with van der Waals surface area (Å²) in [5, 5.41) is 10.0. The molecule has 0 bridgehead atoms. The summed E-state index contributed by atoms with van der Waals surface area (Å²) in [6.07, 6.45) is -0.0145. The Kier molecular flexibility index (Phi) is 4.47.